The maximum Gasteiger partial charge on any atom is 0.112 e. The molecule has 0 saturated carbocycles. The van der Waals surface area contributed by atoms with Gasteiger partial charge in [-0.05, 0) is 13.8 Å². The number of hydrogen-bond acceptors (Lipinski definition) is 4. The molecule has 0 aromatic carbocycles. The Labute approximate surface area is 63.5 Å². The number of aromatic nitrogens is 1. The number of aliphatic hydroxyl groups is 1. The van der Waals surface area contributed by atoms with Gasteiger partial charge in [-0.2, -0.15) is 0 Å². The molecule has 10 heavy (non-hydrogen) atoms. The number of hydrogen-bond donors (Lipinski definition) is 2. The van der Waals surface area contributed by atoms with Gasteiger partial charge < -0.3 is 10.8 Å². The Bertz CT molecular complexity index is 226. The summed E-state index contributed by atoms with van der Waals surface area (Å²) in [4.78, 5) is 3.93. The molecule has 4 heteroatoms. The Kier molecular flexibility index (Phi) is 1.66. The standard InChI is InChI=1S/C6H10N2OS/c1-6(2,9)4-5(7)10-3-8-4/h3,9H,7H2,1-2H3. The van der Waals surface area contributed by atoms with Crippen molar-refractivity contribution in [3.63, 3.8) is 0 Å². The molecular weight excluding hydrogens is 148 g/mol. The lowest BCUT2D eigenvalue weighted by Gasteiger charge is -2.14. The van der Waals surface area contributed by atoms with Gasteiger partial charge in [0.1, 0.15) is 16.3 Å². The molecule has 0 aliphatic rings. The van der Waals surface area contributed by atoms with Crippen molar-refractivity contribution in [2.75, 3.05) is 5.73 Å². The first-order chi connectivity index (χ1) is 4.52. The topological polar surface area (TPSA) is 59.1 Å². The van der Waals surface area contributed by atoms with E-state index in [-0.39, 0.29) is 0 Å². The second-order valence-corrected chi connectivity index (χ2v) is 3.51. The molecule has 0 saturated heterocycles. The van der Waals surface area contributed by atoms with Crippen LogP contribution in [0.1, 0.15) is 19.5 Å². The summed E-state index contributed by atoms with van der Waals surface area (Å²) in [5.74, 6) is 0. The lowest BCUT2D eigenvalue weighted by atomic mass is 10.1. The largest absolute Gasteiger partial charge is 0.389 e. The van der Waals surface area contributed by atoms with Crippen molar-refractivity contribution < 1.29 is 5.11 Å². The van der Waals surface area contributed by atoms with Crippen molar-refractivity contribution in [1.82, 2.24) is 4.98 Å². The summed E-state index contributed by atoms with van der Waals surface area (Å²) in [5.41, 5.74) is 6.80. The smallest absolute Gasteiger partial charge is 0.112 e. The minimum absolute atomic E-state index is 0.567. The fourth-order valence-corrected chi connectivity index (χ4v) is 1.40. The van der Waals surface area contributed by atoms with Gasteiger partial charge in [0.15, 0.2) is 0 Å². The molecule has 3 N–H and O–H groups in total. The van der Waals surface area contributed by atoms with Crippen LogP contribution in [-0.2, 0) is 5.60 Å². The van der Waals surface area contributed by atoms with E-state index >= 15 is 0 Å². The molecule has 3 nitrogen and oxygen atoms in total. The van der Waals surface area contributed by atoms with Gasteiger partial charge in [0.2, 0.25) is 0 Å². The number of nitrogens with two attached hydrogens (primary N) is 1. The minimum atomic E-state index is -0.913. The van der Waals surface area contributed by atoms with Crippen LogP contribution in [-0.4, -0.2) is 10.1 Å². The molecule has 1 aromatic rings. The van der Waals surface area contributed by atoms with E-state index in [2.05, 4.69) is 4.98 Å². The Morgan fingerprint density at radius 2 is 2.30 bits per heavy atom. The average molecular weight is 158 g/mol. The van der Waals surface area contributed by atoms with Crippen LogP contribution in [0.4, 0.5) is 5.00 Å². The van der Waals surface area contributed by atoms with Gasteiger partial charge in [0.05, 0.1) is 5.51 Å². The highest BCUT2D eigenvalue weighted by Crippen LogP contribution is 2.26. The van der Waals surface area contributed by atoms with E-state index in [0.717, 1.165) is 0 Å². The van der Waals surface area contributed by atoms with Gasteiger partial charge in [0, 0.05) is 0 Å². The highest BCUT2D eigenvalue weighted by atomic mass is 32.1. The molecule has 0 spiro atoms. The first-order valence-corrected chi connectivity index (χ1v) is 3.81. The normalized spacial score (nSPS) is 11.9. The van der Waals surface area contributed by atoms with Crippen LogP contribution in [0, 0.1) is 0 Å². The monoisotopic (exact) mass is 158 g/mol. The molecule has 56 valence electrons. The summed E-state index contributed by atoms with van der Waals surface area (Å²) in [5, 5.41) is 10.0. The predicted molar refractivity (Wildman–Crippen MR) is 41.8 cm³/mol. The predicted octanol–water partition coefficient (Wildman–Crippen LogP) is 0.953. The van der Waals surface area contributed by atoms with Crippen LogP contribution in [0.2, 0.25) is 0 Å². The second-order valence-electron chi connectivity index (χ2n) is 2.62. The summed E-state index contributed by atoms with van der Waals surface area (Å²) in [6.45, 7) is 3.33. The molecule has 1 heterocycles. The van der Waals surface area contributed by atoms with Crippen molar-refractivity contribution in [2.45, 2.75) is 19.4 Å². The third-order valence-corrected chi connectivity index (χ3v) is 1.83. The van der Waals surface area contributed by atoms with Gasteiger partial charge in [-0.25, -0.2) is 4.98 Å². The zero-order valence-corrected chi connectivity index (χ0v) is 6.77. The molecule has 0 unspecified atom stereocenters. The molecule has 1 rings (SSSR count). The summed E-state index contributed by atoms with van der Waals surface area (Å²) < 4.78 is 0. The lowest BCUT2D eigenvalue weighted by molar-refractivity contribution is 0.0753. The second kappa shape index (κ2) is 2.21. The van der Waals surface area contributed by atoms with E-state index in [4.69, 9.17) is 5.73 Å². The number of thiazole rings is 1. The minimum Gasteiger partial charge on any atom is -0.389 e. The summed E-state index contributed by atoms with van der Waals surface area (Å²) in [6.07, 6.45) is 0. The van der Waals surface area contributed by atoms with Crippen LogP contribution in [0.3, 0.4) is 0 Å². The van der Waals surface area contributed by atoms with Crippen molar-refractivity contribution in [2.24, 2.45) is 0 Å². The van der Waals surface area contributed by atoms with E-state index in [1.54, 1.807) is 19.4 Å². The molecule has 0 radical (unpaired) electrons. The van der Waals surface area contributed by atoms with E-state index in [1.165, 1.54) is 11.3 Å². The molecular formula is C6H10N2OS. The van der Waals surface area contributed by atoms with Crippen LogP contribution < -0.4 is 5.73 Å². The molecule has 0 amide bonds. The Hall–Kier alpha value is -0.610. The number of nitrogens with zero attached hydrogens (tertiary/aromatic N) is 1. The zero-order valence-electron chi connectivity index (χ0n) is 5.96. The number of nitrogen functional groups attached to an aromatic ring is 1. The molecule has 0 atom stereocenters. The van der Waals surface area contributed by atoms with Gasteiger partial charge >= 0.3 is 0 Å². The Morgan fingerprint density at radius 1 is 1.70 bits per heavy atom. The molecule has 0 aliphatic heterocycles. The van der Waals surface area contributed by atoms with Crippen LogP contribution in [0.25, 0.3) is 0 Å². The number of rotatable bonds is 1. The van der Waals surface area contributed by atoms with E-state index in [1.807, 2.05) is 0 Å². The van der Waals surface area contributed by atoms with Gasteiger partial charge in [-0.1, -0.05) is 0 Å². The van der Waals surface area contributed by atoms with E-state index in [0.29, 0.717) is 10.7 Å². The van der Waals surface area contributed by atoms with E-state index < -0.39 is 5.60 Å². The average Bonchev–Trinajstić information content (AvgIpc) is 2.11. The summed E-state index contributed by atoms with van der Waals surface area (Å²) in [6, 6.07) is 0. The van der Waals surface area contributed by atoms with Gasteiger partial charge in [-0.3, -0.25) is 0 Å². The fourth-order valence-electron chi connectivity index (χ4n) is 0.715. The SMILES string of the molecule is CC(C)(O)c1ncsc1N. The Balaban J connectivity index is 3.05. The third kappa shape index (κ3) is 1.27. The highest BCUT2D eigenvalue weighted by Gasteiger charge is 2.21. The van der Waals surface area contributed by atoms with Crippen molar-refractivity contribution in [3.8, 4) is 0 Å². The quantitative estimate of drug-likeness (QED) is 0.639. The van der Waals surface area contributed by atoms with Crippen LogP contribution >= 0.6 is 11.3 Å². The summed E-state index contributed by atoms with van der Waals surface area (Å²) in [7, 11) is 0. The Morgan fingerprint density at radius 3 is 2.50 bits per heavy atom. The number of anilines is 1. The first-order valence-electron chi connectivity index (χ1n) is 2.93. The molecule has 0 fully saturated rings. The van der Waals surface area contributed by atoms with Crippen molar-refractivity contribution in [1.29, 1.82) is 0 Å². The zero-order chi connectivity index (χ0) is 7.78. The fraction of sp³-hybridized carbons (Fsp3) is 0.500. The molecule has 1 aromatic heterocycles. The van der Waals surface area contributed by atoms with E-state index in [9.17, 15) is 5.11 Å². The van der Waals surface area contributed by atoms with Gasteiger partial charge in [0.25, 0.3) is 0 Å². The van der Waals surface area contributed by atoms with Crippen LogP contribution in [0.15, 0.2) is 5.51 Å². The maximum atomic E-state index is 9.42. The van der Waals surface area contributed by atoms with Crippen LogP contribution in [0.5, 0.6) is 0 Å². The summed E-state index contributed by atoms with van der Waals surface area (Å²) >= 11 is 1.34. The van der Waals surface area contributed by atoms with Crippen molar-refractivity contribution in [3.05, 3.63) is 11.2 Å². The van der Waals surface area contributed by atoms with Crippen molar-refractivity contribution >= 4 is 16.3 Å². The first kappa shape index (κ1) is 7.50. The van der Waals surface area contributed by atoms with Gasteiger partial charge in [-0.15, -0.1) is 11.3 Å². The third-order valence-electron chi connectivity index (χ3n) is 1.17. The molecule has 0 aliphatic carbocycles. The highest BCUT2D eigenvalue weighted by molar-refractivity contribution is 7.13. The molecule has 0 bridgehead atoms. The lowest BCUT2D eigenvalue weighted by Crippen LogP contribution is -2.17. The maximum absolute atomic E-state index is 9.42.